The van der Waals surface area contributed by atoms with Gasteiger partial charge < -0.3 is 5.11 Å². The lowest BCUT2D eigenvalue weighted by Gasteiger charge is -2.08. The Morgan fingerprint density at radius 1 is 1.42 bits per heavy atom. The molecule has 0 bridgehead atoms. The van der Waals surface area contributed by atoms with E-state index >= 15 is 0 Å². The maximum Gasteiger partial charge on any atom is 0.360 e. The number of hydrogen-bond acceptors (Lipinski definition) is 4. The number of carboxylic acid groups (broad SMARTS) is 1. The van der Waals surface area contributed by atoms with Crippen LogP contribution >= 0.6 is 0 Å². The van der Waals surface area contributed by atoms with E-state index < -0.39 is 17.1 Å². The first-order valence-corrected chi connectivity index (χ1v) is 5.81. The quantitative estimate of drug-likeness (QED) is 0.871. The zero-order valence-electron chi connectivity index (χ0n) is 10.9. The molecule has 0 saturated carbocycles. The zero-order valence-corrected chi connectivity index (χ0v) is 10.9. The number of aromatic nitrogens is 4. The van der Waals surface area contributed by atoms with Gasteiger partial charge in [-0.2, -0.15) is 10.2 Å². The number of aryl methyl sites for hydroxylation is 3. The molecule has 2 aromatic rings. The van der Waals surface area contributed by atoms with E-state index in [1.54, 1.807) is 24.9 Å². The summed E-state index contributed by atoms with van der Waals surface area (Å²) < 4.78 is 3.07. The van der Waals surface area contributed by atoms with Crippen molar-refractivity contribution in [2.45, 2.75) is 20.3 Å². The highest BCUT2D eigenvalue weighted by atomic mass is 16.4. The van der Waals surface area contributed by atoms with Crippen LogP contribution in [0.1, 0.15) is 28.8 Å². The maximum atomic E-state index is 11.5. The second-order valence-corrected chi connectivity index (χ2v) is 4.20. The van der Waals surface area contributed by atoms with Gasteiger partial charge in [0.1, 0.15) is 5.69 Å². The van der Waals surface area contributed by atoms with Crippen LogP contribution in [0.4, 0.5) is 0 Å². The van der Waals surface area contributed by atoms with Crippen molar-refractivity contribution >= 4 is 5.97 Å². The Kier molecular flexibility index (Phi) is 3.20. The van der Waals surface area contributed by atoms with Crippen LogP contribution in [-0.4, -0.2) is 30.6 Å². The summed E-state index contributed by atoms with van der Waals surface area (Å²) in [5, 5.41) is 17.2. The third-order valence-electron chi connectivity index (χ3n) is 2.76. The van der Waals surface area contributed by atoms with Gasteiger partial charge in [0.25, 0.3) is 0 Å². The van der Waals surface area contributed by atoms with E-state index in [0.29, 0.717) is 17.8 Å². The second kappa shape index (κ2) is 4.68. The van der Waals surface area contributed by atoms with Crippen molar-refractivity contribution in [2.24, 2.45) is 7.05 Å². The summed E-state index contributed by atoms with van der Waals surface area (Å²) in [6.45, 7) is 3.65. The van der Waals surface area contributed by atoms with Gasteiger partial charge in [0.15, 0.2) is 0 Å². The molecule has 1 N–H and O–H groups in total. The van der Waals surface area contributed by atoms with Crippen LogP contribution in [-0.2, 0) is 13.5 Å². The molecule has 2 heterocycles. The molecule has 100 valence electrons. The molecule has 0 saturated heterocycles. The van der Waals surface area contributed by atoms with E-state index in [9.17, 15) is 9.59 Å². The highest BCUT2D eigenvalue weighted by Gasteiger charge is 2.16. The van der Waals surface area contributed by atoms with Crippen molar-refractivity contribution in [1.29, 1.82) is 0 Å². The standard InChI is InChI=1S/C12H14N4O3/c1-4-8-9(6-15(3)13-8)16-7(2)5-10(17)11(14-16)12(18)19/h5-6H,4H2,1-3H3,(H,18,19). The first-order chi connectivity index (χ1) is 8.93. The monoisotopic (exact) mass is 262 g/mol. The molecule has 2 aromatic heterocycles. The Morgan fingerprint density at radius 3 is 2.68 bits per heavy atom. The summed E-state index contributed by atoms with van der Waals surface area (Å²) in [5.74, 6) is -1.33. The summed E-state index contributed by atoms with van der Waals surface area (Å²) in [4.78, 5) is 22.5. The number of nitrogens with zero attached hydrogens (tertiary/aromatic N) is 4. The lowest BCUT2D eigenvalue weighted by atomic mass is 10.2. The van der Waals surface area contributed by atoms with Gasteiger partial charge >= 0.3 is 5.97 Å². The van der Waals surface area contributed by atoms with Crippen molar-refractivity contribution in [3.63, 3.8) is 0 Å². The molecule has 0 fully saturated rings. The van der Waals surface area contributed by atoms with Crippen molar-refractivity contribution in [3.05, 3.63) is 39.6 Å². The van der Waals surface area contributed by atoms with Crippen molar-refractivity contribution in [1.82, 2.24) is 19.6 Å². The molecule has 0 aliphatic rings. The fraction of sp³-hybridized carbons (Fsp3) is 0.333. The van der Waals surface area contributed by atoms with E-state index in [0.717, 1.165) is 5.69 Å². The van der Waals surface area contributed by atoms with Gasteiger partial charge in [-0.3, -0.25) is 9.48 Å². The molecule has 0 aromatic carbocycles. The minimum absolute atomic E-state index is 0.489. The van der Waals surface area contributed by atoms with Crippen molar-refractivity contribution < 1.29 is 9.90 Å². The Hall–Kier alpha value is -2.44. The molecule has 0 atom stereocenters. The van der Waals surface area contributed by atoms with Gasteiger partial charge in [-0.15, -0.1) is 0 Å². The molecule has 0 aliphatic heterocycles. The van der Waals surface area contributed by atoms with Crippen LogP contribution in [0, 0.1) is 6.92 Å². The molecule has 0 unspecified atom stereocenters. The fourth-order valence-electron chi connectivity index (χ4n) is 1.89. The predicted molar refractivity (Wildman–Crippen MR) is 67.7 cm³/mol. The van der Waals surface area contributed by atoms with Gasteiger partial charge in [-0.25, -0.2) is 9.48 Å². The molecule has 7 heteroatoms. The Bertz CT molecular complexity index is 699. The largest absolute Gasteiger partial charge is 0.476 e. The first kappa shape index (κ1) is 13.0. The molecule has 0 aliphatic carbocycles. The second-order valence-electron chi connectivity index (χ2n) is 4.20. The fourth-order valence-corrected chi connectivity index (χ4v) is 1.89. The minimum atomic E-state index is -1.33. The smallest absolute Gasteiger partial charge is 0.360 e. The highest BCUT2D eigenvalue weighted by molar-refractivity contribution is 5.84. The summed E-state index contributed by atoms with van der Waals surface area (Å²) in [5.41, 5.74) is 0.959. The van der Waals surface area contributed by atoms with E-state index in [1.165, 1.54) is 10.7 Å². The van der Waals surface area contributed by atoms with E-state index in [-0.39, 0.29) is 0 Å². The molecule has 0 amide bonds. The highest BCUT2D eigenvalue weighted by Crippen LogP contribution is 2.13. The van der Waals surface area contributed by atoms with Gasteiger partial charge in [0.05, 0.1) is 11.9 Å². The Balaban J connectivity index is 2.71. The Morgan fingerprint density at radius 2 is 2.11 bits per heavy atom. The molecular weight excluding hydrogens is 248 g/mol. The molecule has 2 rings (SSSR count). The number of aromatic carboxylic acids is 1. The predicted octanol–water partition coefficient (Wildman–Crippen LogP) is 0.535. The van der Waals surface area contributed by atoms with Gasteiger partial charge in [-0.1, -0.05) is 6.92 Å². The topological polar surface area (TPSA) is 90.0 Å². The lowest BCUT2D eigenvalue weighted by Crippen LogP contribution is -2.22. The van der Waals surface area contributed by atoms with Gasteiger partial charge in [0, 0.05) is 18.8 Å². The van der Waals surface area contributed by atoms with Crippen LogP contribution in [0.5, 0.6) is 0 Å². The van der Waals surface area contributed by atoms with E-state index in [4.69, 9.17) is 5.11 Å². The molecule has 0 radical (unpaired) electrons. The van der Waals surface area contributed by atoms with E-state index in [2.05, 4.69) is 10.2 Å². The minimum Gasteiger partial charge on any atom is -0.476 e. The van der Waals surface area contributed by atoms with Crippen LogP contribution in [0.3, 0.4) is 0 Å². The van der Waals surface area contributed by atoms with Crippen molar-refractivity contribution in [2.75, 3.05) is 0 Å². The molecule has 19 heavy (non-hydrogen) atoms. The summed E-state index contributed by atoms with van der Waals surface area (Å²) in [6.07, 6.45) is 2.43. The average Bonchev–Trinajstić information content (AvgIpc) is 2.69. The summed E-state index contributed by atoms with van der Waals surface area (Å²) in [6, 6.07) is 1.27. The Labute approximate surface area is 109 Å². The lowest BCUT2D eigenvalue weighted by molar-refractivity contribution is 0.0686. The number of hydrogen-bond donors (Lipinski definition) is 1. The maximum absolute atomic E-state index is 11.5. The van der Waals surface area contributed by atoms with Gasteiger partial charge in [0.2, 0.25) is 11.1 Å². The zero-order chi connectivity index (χ0) is 14.2. The SMILES string of the molecule is CCc1nn(C)cc1-n1nc(C(=O)O)c(=O)cc1C. The van der Waals surface area contributed by atoms with Crippen LogP contribution < -0.4 is 5.43 Å². The third-order valence-corrected chi connectivity index (χ3v) is 2.76. The third kappa shape index (κ3) is 2.26. The first-order valence-electron chi connectivity index (χ1n) is 5.81. The normalized spacial score (nSPS) is 10.7. The molecule has 0 spiro atoms. The number of carboxylic acids is 1. The van der Waals surface area contributed by atoms with Crippen LogP contribution in [0.25, 0.3) is 5.69 Å². The average molecular weight is 262 g/mol. The summed E-state index contributed by atoms with van der Waals surface area (Å²) in [7, 11) is 1.78. The van der Waals surface area contributed by atoms with Crippen LogP contribution in [0.2, 0.25) is 0 Å². The molecule has 7 nitrogen and oxygen atoms in total. The van der Waals surface area contributed by atoms with Crippen LogP contribution in [0.15, 0.2) is 17.1 Å². The van der Waals surface area contributed by atoms with Crippen molar-refractivity contribution in [3.8, 4) is 5.69 Å². The summed E-state index contributed by atoms with van der Waals surface area (Å²) >= 11 is 0. The molecular formula is C12H14N4O3. The van der Waals surface area contributed by atoms with Gasteiger partial charge in [-0.05, 0) is 13.3 Å². The number of carbonyl (C=O) groups is 1. The number of rotatable bonds is 3. The van der Waals surface area contributed by atoms with E-state index in [1.807, 2.05) is 6.92 Å².